The monoisotopic (exact) mass is 212 g/mol. The Balaban J connectivity index is 2.39. The van der Waals surface area contributed by atoms with E-state index in [-0.39, 0.29) is 5.41 Å². The SMILES string of the molecule is C[C@H]1CNCCN1C(=O)CCC(C)(C)C. The second-order valence-electron chi connectivity index (χ2n) is 5.70. The van der Waals surface area contributed by atoms with Crippen LogP contribution in [0.4, 0.5) is 0 Å². The number of carbonyl (C=O) groups excluding carboxylic acids is 1. The van der Waals surface area contributed by atoms with Crippen LogP contribution in [0.15, 0.2) is 0 Å². The average Bonchev–Trinajstić information content (AvgIpc) is 2.14. The Morgan fingerprint density at radius 3 is 2.67 bits per heavy atom. The van der Waals surface area contributed by atoms with Crippen molar-refractivity contribution in [2.24, 2.45) is 5.41 Å². The number of carbonyl (C=O) groups is 1. The van der Waals surface area contributed by atoms with Crippen LogP contribution in [0.3, 0.4) is 0 Å². The normalized spacial score (nSPS) is 22.9. The van der Waals surface area contributed by atoms with Gasteiger partial charge in [-0.2, -0.15) is 0 Å². The minimum absolute atomic E-state index is 0.257. The van der Waals surface area contributed by atoms with E-state index in [9.17, 15) is 4.79 Å². The van der Waals surface area contributed by atoms with Crippen LogP contribution in [-0.4, -0.2) is 36.5 Å². The zero-order chi connectivity index (χ0) is 11.5. The number of hydrogen-bond donors (Lipinski definition) is 1. The van der Waals surface area contributed by atoms with Gasteiger partial charge in [0.05, 0.1) is 0 Å². The lowest BCUT2D eigenvalue weighted by molar-refractivity contribution is -0.134. The second kappa shape index (κ2) is 4.97. The van der Waals surface area contributed by atoms with E-state index < -0.39 is 0 Å². The lowest BCUT2D eigenvalue weighted by Gasteiger charge is -2.34. The number of nitrogens with one attached hydrogen (secondary N) is 1. The highest BCUT2D eigenvalue weighted by molar-refractivity contribution is 5.76. The third kappa shape index (κ3) is 4.20. The molecule has 0 unspecified atom stereocenters. The predicted molar refractivity (Wildman–Crippen MR) is 62.7 cm³/mol. The second-order valence-corrected chi connectivity index (χ2v) is 5.70. The third-order valence-electron chi connectivity index (χ3n) is 2.91. The van der Waals surface area contributed by atoms with Crippen LogP contribution in [-0.2, 0) is 4.79 Å². The Hall–Kier alpha value is -0.570. The van der Waals surface area contributed by atoms with E-state index in [1.807, 2.05) is 4.90 Å². The van der Waals surface area contributed by atoms with Crippen LogP contribution < -0.4 is 5.32 Å². The van der Waals surface area contributed by atoms with Crippen LogP contribution in [0, 0.1) is 5.41 Å². The molecule has 0 aromatic rings. The van der Waals surface area contributed by atoms with E-state index in [4.69, 9.17) is 0 Å². The molecule has 1 aliphatic heterocycles. The molecule has 15 heavy (non-hydrogen) atoms. The summed E-state index contributed by atoms with van der Waals surface area (Å²) < 4.78 is 0. The highest BCUT2D eigenvalue weighted by Crippen LogP contribution is 2.21. The van der Waals surface area contributed by atoms with Crippen LogP contribution in [0.5, 0.6) is 0 Å². The fraction of sp³-hybridized carbons (Fsp3) is 0.917. The van der Waals surface area contributed by atoms with E-state index in [0.717, 1.165) is 26.1 Å². The van der Waals surface area contributed by atoms with Gasteiger partial charge < -0.3 is 10.2 Å². The molecule has 0 aliphatic carbocycles. The topological polar surface area (TPSA) is 32.3 Å². The molecule has 1 heterocycles. The van der Waals surface area contributed by atoms with Gasteiger partial charge in [0.2, 0.25) is 5.91 Å². The largest absolute Gasteiger partial charge is 0.337 e. The zero-order valence-corrected chi connectivity index (χ0v) is 10.5. The summed E-state index contributed by atoms with van der Waals surface area (Å²) >= 11 is 0. The standard InChI is InChI=1S/C12H24N2O/c1-10-9-13-7-8-14(10)11(15)5-6-12(2,3)4/h10,13H,5-9H2,1-4H3/t10-/m0/s1. The Labute approximate surface area is 93.2 Å². The first-order valence-corrected chi connectivity index (χ1v) is 5.90. The molecule has 0 spiro atoms. The molecule has 1 aliphatic rings. The van der Waals surface area contributed by atoms with Gasteiger partial charge in [-0.3, -0.25) is 4.79 Å². The molecule has 1 rings (SSSR count). The molecule has 0 radical (unpaired) electrons. The van der Waals surface area contributed by atoms with Crippen molar-refractivity contribution >= 4 is 5.91 Å². The van der Waals surface area contributed by atoms with E-state index in [1.54, 1.807) is 0 Å². The smallest absolute Gasteiger partial charge is 0.222 e. The summed E-state index contributed by atoms with van der Waals surface area (Å²) in [6.45, 7) is 11.4. The number of amides is 1. The Morgan fingerprint density at radius 2 is 2.13 bits per heavy atom. The summed E-state index contributed by atoms with van der Waals surface area (Å²) in [6, 6.07) is 0.353. The maximum absolute atomic E-state index is 12.0. The summed E-state index contributed by atoms with van der Waals surface area (Å²) in [4.78, 5) is 14.0. The third-order valence-corrected chi connectivity index (χ3v) is 2.91. The summed E-state index contributed by atoms with van der Waals surface area (Å²) in [5.74, 6) is 0.318. The highest BCUT2D eigenvalue weighted by atomic mass is 16.2. The summed E-state index contributed by atoms with van der Waals surface area (Å²) in [5.41, 5.74) is 0.257. The Bertz CT molecular complexity index is 220. The van der Waals surface area contributed by atoms with Gasteiger partial charge in [-0.05, 0) is 18.8 Å². The molecular weight excluding hydrogens is 188 g/mol. The minimum atomic E-state index is 0.257. The van der Waals surface area contributed by atoms with Crippen molar-refractivity contribution in [1.29, 1.82) is 0 Å². The summed E-state index contributed by atoms with van der Waals surface area (Å²) in [6.07, 6.45) is 1.66. The Morgan fingerprint density at radius 1 is 1.47 bits per heavy atom. The first-order chi connectivity index (χ1) is 6.90. The molecular formula is C12H24N2O. The molecule has 1 amide bonds. The molecule has 3 nitrogen and oxygen atoms in total. The fourth-order valence-electron chi connectivity index (χ4n) is 1.84. The molecule has 88 valence electrons. The summed E-state index contributed by atoms with van der Waals surface area (Å²) in [5, 5.41) is 3.30. The molecule has 0 aromatic heterocycles. The Kier molecular flexibility index (Phi) is 4.14. The van der Waals surface area contributed by atoms with Gasteiger partial charge in [0.25, 0.3) is 0 Å². The first-order valence-electron chi connectivity index (χ1n) is 5.90. The maximum Gasteiger partial charge on any atom is 0.222 e. The van der Waals surface area contributed by atoms with Gasteiger partial charge in [-0.15, -0.1) is 0 Å². The average molecular weight is 212 g/mol. The molecule has 3 heteroatoms. The molecule has 1 N–H and O–H groups in total. The van der Waals surface area contributed by atoms with Crippen LogP contribution in [0.2, 0.25) is 0 Å². The van der Waals surface area contributed by atoms with Crippen molar-refractivity contribution in [2.75, 3.05) is 19.6 Å². The van der Waals surface area contributed by atoms with Gasteiger partial charge in [0.15, 0.2) is 0 Å². The molecule has 0 saturated carbocycles. The van der Waals surface area contributed by atoms with Gasteiger partial charge >= 0.3 is 0 Å². The van der Waals surface area contributed by atoms with E-state index >= 15 is 0 Å². The lowest BCUT2D eigenvalue weighted by atomic mass is 9.90. The number of piperazine rings is 1. The van der Waals surface area contributed by atoms with Crippen molar-refractivity contribution in [3.8, 4) is 0 Å². The summed E-state index contributed by atoms with van der Waals surface area (Å²) in [7, 11) is 0. The van der Waals surface area contributed by atoms with E-state index in [2.05, 4.69) is 33.0 Å². The van der Waals surface area contributed by atoms with Crippen LogP contribution in [0.25, 0.3) is 0 Å². The van der Waals surface area contributed by atoms with Gasteiger partial charge in [0.1, 0.15) is 0 Å². The predicted octanol–water partition coefficient (Wildman–Crippen LogP) is 1.63. The lowest BCUT2D eigenvalue weighted by Crippen LogP contribution is -2.52. The van der Waals surface area contributed by atoms with Crippen molar-refractivity contribution < 1.29 is 4.79 Å². The van der Waals surface area contributed by atoms with E-state index in [1.165, 1.54) is 0 Å². The van der Waals surface area contributed by atoms with Crippen LogP contribution in [0.1, 0.15) is 40.5 Å². The van der Waals surface area contributed by atoms with Crippen molar-refractivity contribution in [3.05, 3.63) is 0 Å². The molecule has 1 atom stereocenters. The minimum Gasteiger partial charge on any atom is -0.337 e. The van der Waals surface area contributed by atoms with Gasteiger partial charge in [-0.25, -0.2) is 0 Å². The van der Waals surface area contributed by atoms with Crippen molar-refractivity contribution in [2.45, 2.75) is 46.6 Å². The molecule has 0 aromatic carbocycles. The van der Waals surface area contributed by atoms with Gasteiger partial charge in [0, 0.05) is 32.1 Å². The highest BCUT2D eigenvalue weighted by Gasteiger charge is 2.23. The van der Waals surface area contributed by atoms with Gasteiger partial charge in [-0.1, -0.05) is 20.8 Å². The zero-order valence-electron chi connectivity index (χ0n) is 10.5. The molecule has 0 bridgehead atoms. The first kappa shape index (κ1) is 12.5. The maximum atomic E-state index is 12.0. The van der Waals surface area contributed by atoms with Crippen molar-refractivity contribution in [3.63, 3.8) is 0 Å². The number of rotatable bonds is 2. The van der Waals surface area contributed by atoms with E-state index in [0.29, 0.717) is 18.4 Å². The number of nitrogens with zero attached hydrogens (tertiary/aromatic N) is 1. The van der Waals surface area contributed by atoms with Crippen LogP contribution >= 0.6 is 0 Å². The fourth-order valence-corrected chi connectivity index (χ4v) is 1.84. The van der Waals surface area contributed by atoms with Crippen molar-refractivity contribution in [1.82, 2.24) is 10.2 Å². The quantitative estimate of drug-likeness (QED) is 0.754. The molecule has 1 fully saturated rings. The number of hydrogen-bond acceptors (Lipinski definition) is 2. The molecule has 1 saturated heterocycles.